The molecule has 0 amide bonds. The Labute approximate surface area is 97.2 Å². The zero-order valence-electron chi connectivity index (χ0n) is 10.2. The zero-order chi connectivity index (χ0) is 11.8. The predicted octanol–water partition coefficient (Wildman–Crippen LogP) is 2.69. The van der Waals surface area contributed by atoms with Gasteiger partial charge in [-0.2, -0.15) is 0 Å². The van der Waals surface area contributed by atoms with Crippen molar-refractivity contribution >= 4 is 5.97 Å². The van der Waals surface area contributed by atoms with E-state index in [0.717, 1.165) is 25.7 Å². The van der Waals surface area contributed by atoms with Crippen molar-refractivity contribution in [1.29, 1.82) is 0 Å². The molecule has 3 nitrogen and oxygen atoms in total. The summed E-state index contributed by atoms with van der Waals surface area (Å²) in [5.74, 6) is 0.385. The highest BCUT2D eigenvalue weighted by Crippen LogP contribution is 2.50. The molecule has 1 spiro atoms. The number of aliphatic carboxylic acids is 1. The monoisotopic (exact) mass is 226 g/mol. The fraction of sp³-hybridized carbons (Fsp3) is 0.923. The minimum absolute atomic E-state index is 0.254. The number of rotatable bonds is 3. The maximum absolute atomic E-state index is 11.2. The highest BCUT2D eigenvalue weighted by Gasteiger charge is 2.55. The molecular formula is C13H22O3. The number of carboxylic acids is 1. The van der Waals surface area contributed by atoms with Crippen LogP contribution >= 0.6 is 0 Å². The molecule has 1 saturated heterocycles. The Morgan fingerprint density at radius 3 is 2.19 bits per heavy atom. The van der Waals surface area contributed by atoms with Crippen molar-refractivity contribution in [2.45, 2.75) is 51.6 Å². The minimum atomic E-state index is -0.669. The Balaban J connectivity index is 2.11. The van der Waals surface area contributed by atoms with Gasteiger partial charge in [0.15, 0.2) is 0 Å². The highest BCUT2D eigenvalue weighted by atomic mass is 16.5. The van der Waals surface area contributed by atoms with Gasteiger partial charge in [-0.15, -0.1) is 0 Å². The molecule has 0 aromatic carbocycles. The van der Waals surface area contributed by atoms with Crippen LogP contribution in [0.4, 0.5) is 0 Å². The summed E-state index contributed by atoms with van der Waals surface area (Å²) in [5.41, 5.74) is -0.314. The Morgan fingerprint density at radius 1 is 1.31 bits per heavy atom. The Bertz CT molecular complexity index is 262. The molecule has 0 aromatic rings. The van der Waals surface area contributed by atoms with E-state index in [4.69, 9.17) is 4.74 Å². The normalized spacial score (nSPS) is 43.0. The van der Waals surface area contributed by atoms with E-state index in [1.54, 1.807) is 0 Å². The van der Waals surface area contributed by atoms with E-state index >= 15 is 0 Å². The van der Waals surface area contributed by atoms with E-state index < -0.39 is 5.97 Å². The first-order valence-corrected chi connectivity index (χ1v) is 6.48. The molecule has 1 saturated carbocycles. The van der Waals surface area contributed by atoms with Gasteiger partial charge in [0.05, 0.1) is 12.2 Å². The van der Waals surface area contributed by atoms with Crippen LogP contribution in [0, 0.1) is 17.8 Å². The average molecular weight is 226 g/mol. The summed E-state index contributed by atoms with van der Waals surface area (Å²) < 4.78 is 5.72. The van der Waals surface area contributed by atoms with Crippen molar-refractivity contribution < 1.29 is 14.6 Å². The van der Waals surface area contributed by atoms with Gasteiger partial charge in [-0.3, -0.25) is 4.79 Å². The molecule has 92 valence electrons. The zero-order valence-corrected chi connectivity index (χ0v) is 10.2. The van der Waals surface area contributed by atoms with Crippen LogP contribution in [0.15, 0.2) is 0 Å². The van der Waals surface area contributed by atoms with Crippen molar-refractivity contribution in [1.82, 2.24) is 0 Å². The summed E-state index contributed by atoms with van der Waals surface area (Å²) in [5, 5.41) is 9.19. The number of ether oxygens (including phenoxy) is 1. The van der Waals surface area contributed by atoms with Crippen LogP contribution in [0.3, 0.4) is 0 Å². The maximum Gasteiger partial charge on any atom is 0.311 e. The van der Waals surface area contributed by atoms with Crippen LogP contribution in [-0.4, -0.2) is 23.3 Å². The van der Waals surface area contributed by atoms with Gasteiger partial charge in [0.1, 0.15) is 5.92 Å². The smallest absolute Gasteiger partial charge is 0.311 e. The Morgan fingerprint density at radius 2 is 1.88 bits per heavy atom. The molecule has 0 bridgehead atoms. The maximum atomic E-state index is 11.2. The molecule has 0 radical (unpaired) electrons. The molecular weight excluding hydrogens is 204 g/mol. The van der Waals surface area contributed by atoms with Crippen LogP contribution in [0.25, 0.3) is 0 Å². The van der Waals surface area contributed by atoms with Gasteiger partial charge in [0.2, 0.25) is 0 Å². The average Bonchev–Trinajstić information content (AvgIpc) is 2.26. The molecule has 1 aliphatic heterocycles. The molecule has 1 aliphatic carbocycles. The fourth-order valence-electron chi connectivity index (χ4n) is 3.42. The topological polar surface area (TPSA) is 46.5 Å². The predicted molar refractivity (Wildman–Crippen MR) is 61.2 cm³/mol. The van der Waals surface area contributed by atoms with Crippen LogP contribution in [0.2, 0.25) is 0 Å². The van der Waals surface area contributed by atoms with E-state index in [9.17, 15) is 9.90 Å². The molecule has 1 heterocycles. The molecule has 3 heteroatoms. The summed E-state index contributed by atoms with van der Waals surface area (Å²) in [6.45, 7) is 4.82. The van der Waals surface area contributed by atoms with Crippen LogP contribution in [0.5, 0.6) is 0 Å². The fourth-order valence-corrected chi connectivity index (χ4v) is 3.42. The molecule has 2 fully saturated rings. The minimum Gasteiger partial charge on any atom is -0.481 e. The summed E-state index contributed by atoms with van der Waals surface area (Å²) in [7, 11) is 0. The van der Waals surface area contributed by atoms with Gasteiger partial charge in [0.25, 0.3) is 0 Å². The standard InChI is InChI=1S/C13H22O3/c1-3-9-5-10(4-2)7-13(6-9)11(8-16-13)12(14)15/h9-11H,3-8H2,1-2H3,(H,14,15). The summed E-state index contributed by atoms with van der Waals surface area (Å²) in [6.07, 6.45) is 5.46. The third-order valence-electron chi connectivity index (χ3n) is 4.56. The van der Waals surface area contributed by atoms with Crippen LogP contribution < -0.4 is 0 Å². The molecule has 2 aliphatic rings. The molecule has 3 atom stereocenters. The molecule has 0 aromatic heterocycles. The van der Waals surface area contributed by atoms with Gasteiger partial charge in [-0.25, -0.2) is 0 Å². The number of carbonyl (C=O) groups is 1. The Kier molecular flexibility index (Phi) is 3.24. The third kappa shape index (κ3) is 1.86. The first kappa shape index (κ1) is 11.9. The van der Waals surface area contributed by atoms with Crippen molar-refractivity contribution in [3.05, 3.63) is 0 Å². The van der Waals surface area contributed by atoms with E-state index in [1.807, 2.05) is 0 Å². The lowest BCUT2D eigenvalue weighted by Crippen LogP contribution is -2.60. The van der Waals surface area contributed by atoms with Gasteiger partial charge in [0, 0.05) is 0 Å². The second-order valence-electron chi connectivity index (χ2n) is 5.46. The number of hydrogen-bond donors (Lipinski definition) is 1. The second-order valence-corrected chi connectivity index (χ2v) is 5.46. The van der Waals surface area contributed by atoms with Gasteiger partial charge < -0.3 is 9.84 Å². The van der Waals surface area contributed by atoms with Gasteiger partial charge in [-0.05, 0) is 31.1 Å². The van der Waals surface area contributed by atoms with E-state index in [-0.39, 0.29) is 11.5 Å². The summed E-state index contributed by atoms with van der Waals surface area (Å²) in [6, 6.07) is 0. The number of carboxylic acid groups (broad SMARTS) is 1. The van der Waals surface area contributed by atoms with Crippen molar-refractivity contribution in [3.63, 3.8) is 0 Å². The van der Waals surface area contributed by atoms with Gasteiger partial charge in [-0.1, -0.05) is 26.7 Å². The highest BCUT2D eigenvalue weighted by molar-refractivity contribution is 5.72. The van der Waals surface area contributed by atoms with E-state index in [1.165, 1.54) is 6.42 Å². The van der Waals surface area contributed by atoms with E-state index in [2.05, 4.69) is 13.8 Å². The quantitative estimate of drug-likeness (QED) is 0.804. The van der Waals surface area contributed by atoms with Crippen LogP contribution in [-0.2, 0) is 9.53 Å². The van der Waals surface area contributed by atoms with Gasteiger partial charge >= 0.3 is 5.97 Å². The lowest BCUT2D eigenvalue weighted by atomic mass is 9.63. The largest absolute Gasteiger partial charge is 0.481 e. The summed E-state index contributed by atoms with van der Waals surface area (Å²) in [4.78, 5) is 11.2. The summed E-state index contributed by atoms with van der Waals surface area (Å²) >= 11 is 0. The molecule has 16 heavy (non-hydrogen) atoms. The second kappa shape index (κ2) is 4.36. The molecule has 1 N–H and O–H groups in total. The first-order valence-electron chi connectivity index (χ1n) is 6.48. The third-order valence-corrected chi connectivity index (χ3v) is 4.56. The van der Waals surface area contributed by atoms with Crippen molar-refractivity contribution in [2.24, 2.45) is 17.8 Å². The lowest BCUT2D eigenvalue weighted by Gasteiger charge is -2.53. The van der Waals surface area contributed by atoms with Crippen molar-refractivity contribution in [2.75, 3.05) is 6.61 Å². The van der Waals surface area contributed by atoms with Crippen molar-refractivity contribution in [3.8, 4) is 0 Å². The Hall–Kier alpha value is -0.570. The molecule has 3 unspecified atom stereocenters. The first-order chi connectivity index (χ1) is 7.61. The van der Waals surface area contributed by atoms with E-state index in [0.29, 0.717) is 18.4 Å². The lowest BCUT2D eigenvalue weighted by molar-refractivity contribution is -0.239. The van der Waals surface area contributed by atoms with Crippen LogP contribution in [0.1, 0.15) is 46.0 Å². The SMILES string of the molecule is CCC1CC(CC)CC2(C1)OCC2C(=O)O. The molecule has 2 rings (SSSR count). The number of hydrogen-bond acceptors (Lipinski definition) is 2.